The zero-order valence-corrected chi connectivity index (χ0v) is 17.5. The van der Waals surface area contributed by atoms with Crippen LogP contribution >= 0.6 is 35.7 Å². The topological polar surface area (TPSA) is 45.7 Å². The molecule has 1 aromatic carbocycles. The Labute approximate surface area is 168 Å². The predicted octanol–water partition coefficient (Wildman–Crippen LogP) is 4.05. The highest BCUT2D eigenvalue weighted by Gasteiger charge is 2.30. The summed E-state index contributed by atoms with van der Waals surface area (Å²) in [7, 11) is 1.71. The average molecular weight is 491 g/mol. The molecule has 0 radical (unpaired) electrons. The maximum Gasteiger partial charge on any atom is 0.573 e. The van der Waals surface area contributed by atoms with Crippen LogP contribution in [0.3, 0.4) is 0 Å². The molecule has 0 amide bonds. The Morgan fingerprint density at radius 3 is 2.32 bits per heavy atom. The van der Waals surface area contributed by atoms with Gasteiger partial charge >= 0.3 is 6.36 Å². The number of guanidine groups is 1. The van der Waals surface area contributed by atoms with Crippen molar-refractivity contribution in [2.75, 3.05) is 32.1 Å². The van der Waals surface area contributed by atoms with E-state index in [-0.39, 0.29) is 29.7 Å². The molecule has 144 valence electrons. The molecule has 0 aliphatic heterocycles. The van der Waals surface area contributed by atoms with Crippen molar-refractivity contribution in [2.45, 2.75) is 25.6 Å². The lowest BCUT2D eigenvalue weighted by Gasteiger charge is -2.12. The zero-order chi connectivity index (χ0) is 17.8. The molecule has 0 unspecified atom stereocenters. The van der Waals surface area contributed by atoms with E-state index in [1.165, 1.54) is 12.1 Å². The third kappa shape index (κ3) is 12.2. The highest BCUT2D eigenvalue weighted by molar-refractivity contribution is 14.0. The fourth-order valence-corrected chi connectivity index (χ4v) is 2.47. The molecule has 0 aliphatic rings. The van der Waals surface area contributed by atoms with Crippen LogP contribution in [0.15, 0.2) is 29.3 Å². The number of unbranched alkanes of at least 4 members (excludes halogenated alkanes) is 1. The van der Waals surface area contributed by atoms with Crippen molar-refractivity contribution in [1.82, 2.24) is 10.6 Å². The molecule has 0 heterocycles. The maximum atomic E-state index is 12.1. The van der Waals surface area contributed by atoms with Crippen LogP contribution in [-0.4, -0.2) is 44.5 Å². The molecule has 0 saturated carbocycles. The van der Waals surface area contributed by atoms with Gasteiger partial charge in [-0.1, -0.05) is 12.1 Å². The molecule has 0 atom stereocenters. The van der Waals surface area contributed by atoms with E-state index in [1.54, 1.807) is 19.2 Å². The first-order chi connectivity index (χ1) is 11.4. The van der Waals surface area contributed by atoms with E-state index in [4.69, 9.17) is 0 Å². The van der Waals surface area contributed by atoms with Crippen LogP contribution in [0.1, 0.15) is 18.4 Å². The molecular weight excluding hydrogens is 466 g/mol. The highest BCUT2D eigenvalue weighted by atomic mass is 127. The number of ether oxygens (including phenoxy) is 1. The van der Waals surface area contributed by atoms with Gasteiger partial charge in [0.1, 0.15) is 5.75 Å². The molecule has 0 aliphatic carbocycles. The van der Waals surface area contributed by atoms with Gasteiger partial charge in [-0.25, -0.2) is 0 Å². The quantitative estimate of drug-likeness (QED) is 0.237. The Balaban J connectivity index is 0.00000576. The third-order valence-electron chi connectivity index (χ3n) is 3.15. The second-order valence-electron chi connectivity index (χ2n) is 5.07. The normalized spacial score (nSPS) is 11.6. The molecule has 4 nitrogen and oxygen atoms in total. The van der Waals surface area contributed by atoms with Gasteiger partial charge in [0, 0.05) is 20.1 Å². The lowest BCUT2D eigenvalue weighted by Crippen LogP contribution is -2.38. The highest BCUT2D eigenvalue weighted by Crippen LogP contribution is 2.22. The van der Waals surface area contributed by atoms with Gasteiger partial charge in [0.25, 0.3) is 0 Å². The number of benzene rings is 1. The van der Waals surface area contributed by atoms with E-state index in [2.05, 4.69) is 26.6 Å². The number of hydrogen-bond acceptors (Lipinski definition) is 3. The largest absolute Gasteiger partial charge is 0.573 e. The minimum atomic E-state index is -4.66. The molecule has 0 aromatic heterocycles. The number of nitrogens with zero attached hydrogens (tertiary/aromatic N) is 1. The number of hydrogen-bond donors (Lipinski definition) is 2. The Kier molecular flexibility index (Phi) is 12.9. The summed E-state index contributed by atoms with van der Waals surface area (Å²) in [5, 5.41) is 6.42. The van der Waals surface area contributed by atoms with Crippen LogP contribution in [0.2, 0.25) is 0 Å². The summed E-state index contributed by atoms with van der Waals surface area (Å²) in [6, 6.07) is 5.89. The van der Waals surface area contributed by atoms with Crippen molar-refractivity contribution in [1.29, 1.82) is 0 Å². The van der Waals surface area contributed by atoms with Crippen LogP contribution < -0.4 is 15.4 Å². The molecular formula is C16H25F3IN3OS. The molecule has 2 N–H and O–H groups in total. The summed E-state index contributed by atoms with van der Waals surface area (Å²) in [5.74, 6) is 1.68. The monoisotopic (exact) mass is 491 g/mol. The van der Waals surface area contributed by atoms with Gasteiger partial charge in [-0.2, -0.15) is 11.8 Å². The van der Waals surface area contributed by atoms with Crippen LogP contribution in [0.5, 0.6) is 5.75 Å². The minimum absolute atomic E-state index is 0. The fraction of sp³-hybridized carbons (Fsp3) is 0.562. The first kappa shape index (κ1) is 24.2. The minimum Gasteiger partial charge on any atom is -0.406 e. The van der Waals surface area contributed by atoms with Crippen molar-refractivity contribution >= 4 is 41.7 Å². The van der Waals surface area contributed by atoms with Crippen LogP contribution in [0.4, 0.5) is 13.2 Å². The van der Waals surface area contributed by atoms with E-state index < -0.39 is 6.36 Å². The van der Waals surface area contributed by atoms with Gasteiger partial charge in [-0.05, 0) is 49.0 Å². The fourth-order valence-electron chi connectivity index (χ4n) is 1.98. The first-order valence-electron chi connectivity index (χ1n) is 7.72. The summed E-state index contributed by atoms with van der Waals surface area (Å²) >= 11 is 1.84. The van der Waals surface area contributed by atoms with Gasteiger partial charge in [0.2, 0.25) is 0 Å². The summed E-state index contributed by atoms with van der Waals surface area (Å²) in [6.45, 7) is 1.51. The van der Waals surface area contributed by atoms with Crippen LogP contribution in [0, 0.1) is 0 Å². The van der Waals surface area contributed by atoms with Gasteiger partial charge < -0.3 is 15.4 Å². The van der Waals surface area contributed by atoms with E-state index in [9.17, 15) is 13.2 Å². The maximum absolute atomic E-state index is 12.1. The first-order valence-corrected chi connectivity index (χ1v) is 9.12. The number of nitrogens with one attached hydrogen (secondary N) is 2. The van der Waals surface area contributed by atoms with Crippen molar-refractivity contribution in [3.63, 3.8) is 0 Å². The number of thioether (sulfide) groups is 1. The summed E-state index contributed by atoms with van der Waals surface area (Å²) in [6.07, 6.45) is 0.367. The smallest absolute Gasteiger partial charge is 0.406 e. The van der Waals surface area contributed by atoms with E-state index >= 15 is 0 Å². The van der Waals surface area contributed by atoms with E-state index in [0.29, 0.717) is 13.0 Å². The lowest BCUT2D eigenvalue weighted by molar-refractivity contribution is -0.274. The average Bonchev–Trinajstić information content (AvgIpc) is 2.53. The van der Waals surface area contributed by atoms with Crippen LogP contribution in [-0.2, 0) is 6.42 Å². The van der Waals surface area contributed by atoms with Crippen molar-refractivity contribution in [3.05, 3.63) is 29.8 Å². The molecule has 0 fully saturated rings. The van der Waals surface area contributed by atoms with Gasteiger partial charge in [0.15, 0.2) is 5.96 Å². The van der Waals surface area contributed by atoms with E-state index in [0.717, 1.165) is 36.7 Å². The summed E-state index contributed by atoms with van der Waals surface area (Å²) in [4.78, 5) is 4.14. The molecule has 25 heavy (non-hydrogen) atoms. The molecule has 0 saturated heterocycles. The Bertz CT molecular complexity index is 498. The second-order valence-corrected chi connectivity index (χ2v) is 6.05. The van der Waals surface area contributed by atoms with Crippen molar-refractivity contribution < 1.29 is 17.9 Å². The lowest BCUT2D eigenvalue weighted by atomic mass is 10.1. The molecule has 0 bridgehead atoms. The van der Waals surface area contributed by atoms with Gasteiger partial charge in [-0.3, -0.25) is 4.99 Å². The summed E-state index contributed by atoms with van der Waals surface area (Å²) < 4.78 is 40.1. The standard InChI is InChI=1S/C16H24F3N3OS.HI/c1-20-15(21-10-3-4-12-24-2)22-11-9-13-5-7-14(8-6-13)23-16(17,18)19;/h5-8H,3-4,9-12H2,1-2H3,(H2,20,21,22);1H. The Morgan fingerprint density at radius 2 is 1.76 bits per heavy atom. The molecule has 9 heteroatoms. The molecule has 0 spiro atoms. The number of rotatable bonds is 9. The number of alkyl halides is 3. The Morgan fingerprint density at radius 1 is 1.12 bits per heavy atom. The number of halogens is 4. The molecule has 1 aromatic rings. The zero-order valence-electron chi connectivity index (χ0n) is 14.4. The third-order valence-corrected chi connectivity index (χ3v) is 3.85. The predicted molar refractivity (Wildman–Crippen MR) is 109 cm³/mol. The Hall–Kier alpha value is -0.840. The summed E-state index contributed by atoms with van der Waals surface area (Å²) in [5.41, 5.74) is 0.924. The molecule has 1 rings (SSSR count). The van der Waals surface area contributed by atoms with E-state index in [1.807, 2.05) is 11.8 Å². The second kappa shape index (κ2) is 13.4. The van der Waals surface area contributed by atoms with Gasteiger partial charge in [0.05, 0.1) is 0 Å². The van der Waals surface area contributed by atoms with Crippen LogP contribution in [0.25, 0.3) is 0 Å². The van der Waals surface area contributed by atoms with Crippen molar-refractivity contribution in [3.8, 4) is 5.75 Å². The van der Waals surface area contributed by atoms with Gasteiger partial charge in [-0.15, -0.1) is 37.1 Å². The van der Waals surface area contributed by atoms with Crippen molar-refractivity contribution in [2.24, 2.45) is 4.99 Å². The SMILES string of the molecule is CN=C(NCCCCSC)NCCc1ccc(OC(F)(F)F)cc1.I. The number of aliphatic imine (C=N–C) groups is 1.